The first-order chi connectivity index (χ1) is 12.4. The van der Waals surface area contributed by atoms with E-state index in [4.69, 9.17) is 44.1 Å². The summed E-state index contributed by atoms with van der Waals surface area (Å²) in [5.74, 6) is -0.187. The van der Waals surface area contributed by atoms with Crippen LogP contribution in [0.5, 0.6) is 11.5 Å². The molecule has 0 amide bonds. The summed E-state index contributed by atoms with van der Waals surface area (Å²) in [7, 11) is 0. The van der Waals surface area contributed by atoms with Crippen LogP contribution in [-0.4, -0.2) is 24.8 Å². The monoisotopic (exact) mass is 394 g/mol. The first-order valence-electron chi connectivity index (χ1n) is 7.46. The van der Waals surface area contributed by atoms with E-state index in [9.17, 15) is 4.79 Å². The SMILES string of the molecule is CCOc1cc(C=NN=C(N)N)ccc1OC(=O)c1ccc(Cl)cc1Cl. The Bertz CT molecular complexity index is 865. The number of rotatable bonds is 6. The molecule has 0 aliphatic carbocycles. The van der Waals surface area contributed by atoms with E-state index >= 15 is 0 Å². The number of hydrogen-bond acceptors (Lipinski definition) is 5. The fourth-order valence-electron chi connectivity index (χ4n) is 1.93. The van der Waals surface area contributed by atoms with Gasteiger partial charge in [0.2, 0.25) is 5.96 Å². The highest BCUT2D eigenvalue weighted by Crippen LogP contribution is 2.30. The number of hydrogen-bond donors (Lipinski definition) is 2. The summed E-state index contributed by atoms with van der Waals surface area (Å²) in [6, 6.07) is 9.39. The summed E-state index contributed by atoms with van der Waals surface area (Å²) in [4.78, 5) is 12.4. The quantitative estimate of drug-likeness (QED) is 0.256. The lowest BCUT2D eigenvalue weighted by atomic mass is 10.2. The molecule has 0 fully saturated rings. The molecule has 0 aliphatic heterocycles. The van der Waals surface area contributed by atoms with Crippen LogP contribution in [0.4, 0.5) is 0 Å². The molecule has 2 aromatic carbocycles. The van der Waals surface area contributed by atoms with Gasteiger partial charge in [0.25, 0.3) is 0 Å². The van der Waals surface area contributed by atoms with Crippen molar-refractivity contribution in [3.05, 3.63) is 57.6 Å². The molecule has 7 nitrogen and oxygen atoms in total. The van der Waals surface area contributed by atoms with Crippen molar-refractivity contribution in [2.75, 3.05) is 6.61 Å². The van der Waals surface area contributed by atoms with Crippen LogP contribution in [0.3, 0.4) is 0 Å². The van der Waals surface area contributed by atoms with Gasteiger partial charge >= 0.3 is 5.97 Å². The third-order valence-electron chi connectivity index (χ3n) is 3.00. The molecule has 0 saturated heterocycles. The minimum Gasteiger partial charge on any atom is -0.490 e. The summed E-state index contributed by atoms with van der Waals surface area (Å²) in [5, 5.41) is 7.85. The highest BCUT2D eigenvalue weighted by molar-refractivity contribution is 6.36. The van der Waals surface area contributed by atoms with Crippen LogP contribution in [0, 0.1) is 0 Å². The Hall–Kier alpha value is -2.77. The Kier molecular flexibility index (Phi) is 6.82. The molecule has 136 valence electrons. The van der Waals surface area contributed by atoms with E-state index in [1.54, 1.807) is 24.3 Å². The van der Waals surface area contributed by atoms with E-state index in [0.29, 0.717) is 22.9 Å². The fourth-order valence-corrected chi connectivity index (χ4v) is 2.42. The number of guanidine groups is 1. The summed E-state index contributed by atoms with van der Waals surface area (Å²) in [6.07, 6.45) is 1.43. The van der Waals surface area contributed by atoms with Crippen molar-refractivity contribution in [3.8, 4) is 11.5 Å². The number of ether oxygens (including phenoxy) is 2. The van der Waals surface area contributed by atoms with Gasteiger partial charge in [-0.2, -0.15) is 5.10 Å². The van der Waals surface area contributed by atoms with Gasteiger partial charge in [-0.1, -0.05) is 23.2 Å². The Balaban J connectivity index is 2.26. The molecular formula is C17H16Cl2N4O3. The third-order valence-corrected chi connectivity index (χ3v) is 3.55. The van der Waals surface area contributed by atoms with Crippen molar-refractivity contribution in [1.29, 1.82) is 0 Å². The first kappa shape index (κ1) is 19.6. The number of benzene rings is 2. The van der Waals surface area contributed by atoms with Crippen LogP contribution >= 0.6 is 23.2 Å². The van der Waals surface area contributed by atoms with E-state index in [-0.39, 0.29) is 22.3 Å². The maximum atomic E-state index is 12.4. The molecule has 0 heterocycles. The second kappa shape index (κ2) is 9.07. The van der Waals surface area contributed by atoms with Gasteiger partial charge in [0.15, 0.2) is 11.5 Å². The Morgan fingerprint density at radius 2 is 1.92 bits per heavy atom. The number of nitrogens with zero attached hydrogens (tertiary/aromatic N) is 2. The highest BCUT2D eigenvalue weighted by Gasteiger charge is 2.16. The predicted octanol–water partition coefficient (Wildman–Crippen LogP) is 3.22. The minimum absolute atomic E-state index is 0.156. The molecule has 0 bridgehead atoms. The Labute approximate surface area is 160 Å². The minimum atomic E-state index is -0.630. The maximum absolute atomic E-state index is 12.4. The van der Waals surface area contributed by atoms with Crippen LogP contribution in [0.1, 0.15) is 22.8 Å². The predicted molar refractivity (Wildman–Crippen MR) is 102 cm³/mol. The number of nitrogens with two attached hydrogens (primary N) is 2. The van der Waals surface area contributed by atoms with E-state index in [1.165, 1.54) is 18.3 Å². The van der Waals surface area contributed by atoms with Crippen LogP contribution < -0.4 is 20.9 Å². The summed E-state index contributed by atoms with van der Waals surface area (Å²) in [5.41, 5.74) is 11.3. The maximum Gasteiger partial charge on any atom is 0.345 e. The molecule has 0 radical (unpaired) electrons. The highest BCUT2D eigenvalue weighted by atomic mass is 35.5. The molecule has 0 aliphatic rings. The van der Waals surface area contributed by atoms with E-state index in [0.717, 1.165) is 0 Å². The number of halogens is 2. The Morgan fingerprint density at radius 3 is 2.58 bits per heavy atom. The van der Waals surface area contributed by atoms with Crippen LogP contribution in [-0.2, 0) is 0 Å². The second-order valence-corrected chi connectivity index (χ2v) is 5.77. The zero-order valence-electron chi connectivity index (χ0n) is 13.8. The number of carbonyl (C=O) groups is 1. The van der Waals surface area contributed by atoms with Crippen molar-refractivity contribution >= 4 is 41.3 Å². The summed E-state index contributed by atoms with van der Waals surface area (Å²) in [6.45, 7) is 2.18. The topological polar surface area (TPSA) is 112 Å². The van der Waals surface area contributed by atoms with Gasteiger partial charge in [0.05, 0.1) is 23.4 Å². The van der Waals surface area contributed by atoms with Gasteiger partial charge in [0, 0.05) is 5.02 Å². The second-order valence-electron chi connectivity index (χ2n) is 4.92. The zero-order valence-corrected chi connectivity index (χ0v) is 15.3. The van der Waals surface area contributed by atoms with Crippen molar-refractivity contribution in [2.45, 2.75) is 6.92 Å². The van der Waals surface area contributed by atoms with Gasteiger partial charge in [-0.3, -0.25) is 0 Å². The van der Waals surface area contributed by atoms with Crippen LogP contribution in [0.2, 0.25) is 10.0 Å². The van der Waals surface area contributed by atoms with E-state index < -0.39 is 5.97 Å². The lowest BCUT2D eigenvalue weighted by Gasteiger charge is -2.12. The molecule has 0 saturated carbocycles. The molecule has 9 heteroatoms. The summed E-state index contributed by atoms with van der Waals surface area (Å²) >= 11 is 11.9. The molecule has 0 aromatic heterocycles. The van der Waals surface area contributed by atoms with Gasteiger partial charge < -0.3 is 20.9 Å². The van der Waals surface area contributed by atoms with Gasteiger partial charge in [0.1, 0.15) is 0 Å². The molecule has 2 aromatic rings. The van der Waals surface area contributed by atoms with E-state index in [2.05, 4.69) is 10.2 Å². The lowest BCUT2D eigenvalue weighted by molar-refractivity contribution is 0.0728. The normalized spacial score (nSPS) is 10.6. The average Bonchev–Trinajstić information content (AvgIpc) is 2.57. The molecule has 4 N–H and O–H groups in total. The van der Waals surface area contributed by atoms with Gasteiger partial charge in [-0.15, -0.1) is 5.10 Å². The number of carbonyl (C=O) groups excluding carboxylic acids is 1. The standard InChI is InChI=1S/C17H16Cl2N4O3/c1-2-25-15-7-10(9-22-23-17(20)21)3-6-14(15)26-16(24)12-5-4-11(18)8-13(12)19/h3-9H,2H2,1H3,(H4,20,21,23). The van der Waals surface area contributed by atoms with Crippen molar-refractivity contribution in [1.82, 2.24) is 0 Å². The molecule has 0 unspecified atom stereocenters. The largest absolute Gasteiger partial charge is 0.490 e. The van der Waals surface area contributed by atoms with Gasteiger partial charge in [-0.05, 0) is 48.9 Å². The zero-order chi connectivity index (χ0) is 19.1. The van der Waals surface area contributed by atoms with Gasteiger partial charge in [-0.25, -0.2) is 4.79 Å². The third kappa shape index (κ3) is 5.37. The fraction of sp³-hybridized carbons (Fsp3) is 0.118. The Morgan fingerprint density at radius 1 is 1.15 bits per heavy atom. The molecule has 2 rings (SSSR count). The summed E-state index contributed by atoms with van der Waals surface area (Å²) < 4.78 is 10.9. The smallest absolute Gasteiger partial charge is 0.345 e. The average molecular weight is 395 g/mol. The van der Waals surface area contributed by atoms with Crippen LogP contribution in [0.25, 0.3) is 0 Å². The lowest BCUT2D eigenvalue weighted by Crippen LogP contribution is -2.21. The van der Waals surface area contributed by atoms with Crippen LogP contribution in [0.15, 0.2) is 46.6 Å². The van der Waals surface area contributed by atoms with Crippen molar-refractivity contribution in [2.24, 2.45) is 21.7 Å². The van der Waals surface area contributed by atoms with E-state index in [1.807, 2.05) is 6.92 Å². The molecule has 26 heavy (non-hydrogen) atoms. The van der Waals surface area contributed by atoms with Crippen molar-refractivity contribution < 1.29 is 14.3 Å². The number of esters is 1. The molecular weight excluding hydrogens is 379 g/mol. The first-order valence-corrected chi connectivity index (χ1v) is 8.22. The molecule has 0 spiro atoms. The van der Waals surface area contributed by atoms with Crippen molar-refractivity contribution in [3.63, 3.8) is 0 Å². The molecule has 0 atom stereocenters.